The molecule has 0 atom stereocenters. The van der Waals surface area contributed by atoms with Crippen molar-refractivity contribution >= 4 is 0 Å². The molecule has 3 rings (SSSR count). The van der Waals surface area contributed by atoms with Crippen molar-refractivity contribution in [3.05, 3.63) is 23.8 Å². The molecule has 104 valence electrons. The lowest BCUT2D eigenvalue weighted by molar-refractivity contribution is 0.160. The summed E-state index contributed by atoms with van der Waals surface area (Å²) < 4.78 is 11.2. The van der Waals surface area contributed by atoms with Crippen LogP contribution in [0.15, 0.2) is 18.2 Å². The van der Waals surface area contributed by atoms with Crippen LogP contribution in [0.5, 0.6) is 11.5 Å². The Hall–Kier alpha value is -1.22. The number of ether oxygens (including phenoxy) is 2. The first-order valence-electron chi connectivity index (χ1n) is 7.18. The van der Waals surface area contributed by atoms with E-state index in [2.05, 4.69) is 26.0 Å². The number of hydrogen-bond donors (Lipinski definition) is 1. The van der Waals surface area contributed by atoms with Crippen LogP contribution in [0, 0.1) is 5.41 Å². The van der Waals surface area contributed by atoms with Crippen molar-refractivity contribution in [3.8, 4) is 11.5 Å². The van der Waals surface area contributed by atoms with Crippen molar-refractivity contribution in [2.75, 3.05) is 13.2 Å². The lowest BCUT2D eigenvalue weighted by Gasteiger charge is -2.41. The Bertz CT molecular complexity index is 472. The maximum absolute atomic E-state index is 6.64. The summed E-state index contributed by atoms with van der Waals surface area (Å²) in [6.45, 7) is 5.92. The third-order valence-corrected chi connectivity index (χ3v) is 4.61. The number of nitrogens with two attached hydrogens (primary N) is 1. The zero-order chi connectivity index (χ0) is 13.5. The maximum atomic E-state index is 6.64. The van der Waals surface area contributed by atoms with Crippen LogP contribution in [0.4, 0.5) is 0 Å². The van der Waals surface area contributed by atoms with Crippen molar-refractivity contribution in [1.29, 1.82) is 0 Å². The smallest absolute Gasteiger partial charge is 0.161 e. The van der Waals surface area contributed by atoms with Gasteiger partial charge in [-0.25, -0.2) is 0 Å². The molecule has 1 heterocycles. The molecule has 0 spiro atoms. The van der Waals surface area contributed by atoms with E-state index in [-0.39, 0.29) is 5.54 Å². The van der Waals surface area contributed by atoms with Gasteiger partial charge >= 0.3 is 0 Å². The molecule has 3 heteroatoms. The first kappa shape index (κ1) is 12.8. The molecule has 0 saturated heterocycles. The second-order valence-electron chi connectivity index (χ2n) is 6.68. The molecule has 0 bridgehead atoms. The first-order valence-corrected chi connectivity index (χ1v) is 7.18. The summed E-state index contributed by atoms with van der Waals surface area (Å²) in [4.78, 5) is 0. The number of rotatable bonds is 1. The van der Waals surface area contributed by atoms with Gasteiger partial charge in [0.25, 0.3) is 0 Å². The average molecular weight is 261 g/mol. The molecule has 3 nitrogen and oxygen atoms in total. The Morgan fingerprint density at radius 2 is 1.58 bits per heavy atom. The highest BCUT2D eigenvalue weighted by molar-refractivity contribution is 5.45. The number of fused-ring (bicyclic) bond motifs is 1. The highest BCUT2D eigenvalue weighted by atomic mass is 16.6. The Kier molecular flexibility index (Phi) is 2.97. The quantitative estimate of drug-likeness (QED) is 0.844. The van der Waals surface area contributed by atoms with Gasteiger partial charge in [0.2, 0.25) is 0 Å². The Morgan fingerprint density at radius 1 is 0.947 bits per heavy atom. The molecule has 1 aromatic carbocycles. The largest absolute Gasteiger partial charge is 0.486 e. The summed E-state index contributed by atoms with van der Waals surface area (Å²) in [7, 11) is 0. The predicted molar refractivity (Wildman–Crippen MR) is 75.5 cm³/mol. The molecule has 19 heavy (non-hydrogen) atoms. The topological polar surface area (TPSA) is 44.5 Å². The van der Waals surface area contributed by atoms with E-state index in [1.165, 1.54) is 18.4 Å². The van der Waals surface area contributed by atoms with Crippen LogP contribution in [-0.4, -0.2) is 13.2 Å². The zero-order valence-corrected chi connectivity index (χ0v) is 11.9. The molecule has 1 saturated carbocycles. The minimum absolute atomic E-state index is 0.203. The standard InChI is InChI=1S/C16H23NO2/c1-15(2)5-7-16(17,8-6-15)12-3-4-13-14(11-12)19-10-9-18-13/h3-4,11H,5-10,17H2,1-2H3. The summed E-state index contributed by atoms with van der Waals surface area (Å²) in [5.74, 6) is 1.69. The van der Waals surface area contributed by atoms with Gasteiger partial charge in [0.1, 0.15) is 13.2 Å². The summed E-state index contributed by atoms with van der Waals surface area (Å²) in [5, 5.41) is 0. The van der Waals surface area contributed by atoms with Crippen LogP contribution in [0.3, 0.4) is 0 Å². The molecule has 2 aliphatic rings. The van der Waals surface area contributed by atoms with Crippen LogP contribution >= 0.6 is 0 Å². The van der Waals surface area contributed by atoms with Crippen molar-refractivity contribution in [3.63, 3.8) is 0 Å². The van der Waals surface area contributed by atoms with E-state index in [1.807, 2.05) is 6.07 Å². The van der Waals surface area contributed by atoms with Gasteiger partial charge in [-0.3, -0.25) is 0 Å². The molecule has 0 amide bonds. The molecule has 1 aliphatic carbocycles. The maximum Gasteiger partial charge on any atom is 0.161 e. The fourth-order valence-corrected chi connectivity index (χ4v) is 3.01. The fourth-order valence-electron chi connectivity index (χ4n) is 3.01. The summed E-state index contributed by atoms with van der Waals surface area (Å²) in [5.41, 5.74) is 8.05. The highest BCUT2D eigenvalue weighted by Crippen LogP contribution is 2.45. The zero-order valence-electron chi connectivity index (χ0n) is 11.9. The van der Waals surface area contributed by atoms with Crippen LogP contribution in [0.1, 0.15) is 45.1 Å². The monoisotopic (exact) mass is 261 g/mol. The number of hydrogen-bond acceptors (Lipinski definition) is 3. The van der Waals surface area contributed by atoms with Gasteiger partial charge in [-0.2, -0.15) is 0 Å². The van der Waals surface area contributed by atoms with Gasteiger partial charge < -0.3 is 15.2 Å². The van der Waals surface area contributed by atoms with Crippen molar-refractivity contribution in [2.45, 2.75) is 45.1 Å². The minimum atomic E-state index is -0.203. The number of benzene rings is 1. The van der Waals surface area contributed by atoms with Gasteiger partial charge in [0, 0.05) is 5.54 Å². The Morgan fingerprint density at radius 3 is 2.26 bits per heavy atom. The van der Waals surface area contributed by atoms with Crippen LogP contribution < -0.4 is 15.2 Å². The van der Waals surface area contributed by atoms with Gasteiger partial charge in [0.05, 0.1) is 0 Å². The lowest BCUT2D eigenvalue weighted by Crippen LogP contribution is -2.42. The molecule has 0 aromatic heterocycles. The average Bonchev–Trinajstić information content (AvgIpc) is 2.42. The summed E-state index contributed by atoms with van der Waals surface area (Å²) in [6, 6.07) is 6.18. The summed E-state index contributed by atoms with van der Waals surface area (Å²) >= 11 is 0. The van der Waals surface area contributed by atoms with E-state index in [1.54, 1.807) is 0 Å². The third kappa shape index (κ3) is 2.44. The van der Waals surface area contributed by atoms with Crippen LogP contribution in [0.2, 0.25) is 0 Å². The lowest BCUT2D eigenvalue weighted by atomic mass is 9.67. The van der Waals surface area contributed by atoms with Gasteiger partial charge in [-0.05, 0) is 48.8 Å². The van der Waals surface area contributed by atoms with Crippen molar-refractivity contribution < 1.29 is 9.47 Å². The van der Waals surface area contributed by atoms with E-state index in [0.29, 0.717) is 18.6 Å². The Labute approximate surface area is 115 Å². The SMILES string of the molecule is CC1(C)CCC(N)(c2ccc3c(c2)OCCO3)CC1. The Balaban J connectivity index is 1.86. The first-order chi connectivity index (χ1) is 8.99. The molecule has 2 N–H and O–H groups in total. The van der Waals surface area contributed by atoms with E-state index in [9.17, 15) is 0 Å². The van der Waals surface area contributed by atoms with Crippen molar-refractivity contribution in [1.82, 2.24) is 0 Å². The van der Waals surface area contributed by atoms with E-state index < -0.39 is 0 Å². The fraction of sp³-hybridized carbons (Fsp3) is 0.625. The predicted octanol–water partition coefficient (Wildman–Crippen LogP) is 3.21. The normalized spacial score (nSPS) is 23.9. The van der Waals surface area contributed by atoms with E-state index in [0.717, 1.165) is 24.3 Å². The van der Waals surface area contributed by atoms with Crippen LogP contribution in [0.25, 0.3) is 0 Å². The molecular weight excluding hydrogens is 238 g/mol. The molecule has 1 fully saturated rings. The van der Waals surface area contributed by atoms with E-state index in [4.69, 9.17) is 15.2 Å². The third-order valence-electron chi connectivity index (χ3n) is 4.61. The molecule has 0 radical (unpaired) electrons. The molecular formula is C16H23NO2. The minimum Gasteiger partial charge on any atom is -0.486 e. The summed E-state index contributed by atoms with van der Waals surface area (Å²) in [6.07, 6.45) is 4.44. The van der Waals surface area contributed by atoms with Crippen molar-refractivity contribution in [2.24, 2.45) is 11.1 Å². The molecule has 1 aliphatic heterocycles. The van der Waals surface area contributed by atoms with E-state index >= 15 is 0 Å². The van der Waals surface area contributed by atoms with Gasteiger partial charge in [-0.1, -0.05) is 19.9 Å². The second-order valence-corrected chi connectivity index (χ2v) is 6.68. The molecule has 0 unspecified atom stereocenters. The molecule has 1 aromatic rings. The van der Waals surface area contributed by atoms with Gasteiger partial charge in [-0.15, -0.1) is 0 Å². The van der Waals surface area contributed by atoms with Crippen LogP contribution in [-0.2, 0) is 5.54 Å². The van der Waals surface area contributed by atoms with Gasteiger partial charge in [0.15, 0.2) is 11.5 Å². The highest BCUT2D eigenvalue weighted by Gasteiger charge is 2.37. The second kappa shape index (κ2) is 4.41.